The van der Waals surface area contributed by atoms with Crippen molar-refractivity contribution in [3.05, 3.63) is 84.5 Å². The molecule has 1 aliphatic heterocycles. The van der Waals surface area contributed by atoms with E-state index in [1.165, 1.54) is 30.9 Å². The molecule has 1 aliphatic rings. The van der Waals surface area contributed by atoms with E-state index in [0.29, 0.717) is 37.7 Å². The number of benzene rings is 2. The van der Waals surface area contributed by atoms with Crippen LogP contribution < -0.4 is 29.1 Å². The highest BCUT2D eigenvalue weighted by Crippen LogP contribution is 2.38. The van der Waals surface area contributed by atoms with Gasteiger partial charge in [-0.25, -0.2) is 9.79 Å². The molecule has 4 rings (SSSR count). The monoisotopic (exact) mass is 544 g/mol. The smallest absolute Gasteiger partial charge is 0.387 e. The number of ether oxygens (including phenoxy) is 4. The summed E-state index contributed by atoms with van der Waals surface area (Å²) in [5.41, 5.74) is 1.35. The number of methoxy groups -OCH3 is 2. The molecule has 0 bridgehead atoms. The quantitative estimate of drug-likeness (QED) is 0.401. The zero-order valence-electron chi connectivity index (χ0n) is 21.4. The molecule has 1 atom stereocenters. The van der Waals surface area contributed by atoms with Crippen LogP contribution in [-0.4, -0.2) is 37.5 Å². The minimum atomic E-state index is -2.93. The Kier molecular flexibility index (Phi) is 7.96. The molecule has 0 saturated heterocycles. The van der Waals surface area contributed by atoms with Gasteiger partial charge < -0.3 is 18.9 Å². The highest BCUT2D eigenvalue weighted by Gasteiger charge is 2.35. The van der Waals surface area contributed by atoms with Gasteiger partial charge >= 0.3 is 12.6 Å². The van der Waals surface area contributed by atoms with E-state index < -0.39 is 24.7 Å². The largest absolute Gasteiger partial charge is 0.497 e. The average molecular weight is 545 g/mol. The number of hydrogen-bond acceptors (Lipinski definition) is 8. The van der Waals surface area contributed by atoms with Crippen molar-refractivity contribution in [1.82, 2.24) is 4.57 Å². The van der Waals surface area contributed by atoms with Gasteiger partial charge in [0.1, 0.15) is 23.3 Å². The van der Waals surface area contributed by atoms with Crippen LogP contribution in [0, 0.1) is 0 Å². The fourth-order valence-corrected chi connectivity index (χ4v) is 5.15. The van der Waals surface area contributed by atoms with Crippen LogP contribution in [0.3, 0.4) is 0 Å². The molecule has 0 aliphatic carbocycles. The second kappa shape index (κ2) is 11.2. The first-order valence-electron chi connectivity index (χ1n) is 11.6. The Morgan fingerprint density at radius 1 is 1.08 bits per heavy atom. The Hall–Kier alpha value is -3.99. The van der Waals surface area contributed by atoms with E-state index in [1.807, 2.05) is 0 Å². The second-order valence-corrected chi connectivity index (χ2v) is 9.60. The first-order valence-corrected chi connectivity index (χ1v) is 12.4. The predicted molar refractivity (Wildman–Crippen MR) is 138 cm³/mol. The molecule has 0 radical (unpaired) electrons. The Bertz CT molecular complexity index is 1560. The first-order chi connectivity index (χ1) is 18.1. The van der Waals surface area contributed by atoms with Gasteiger partial charge in [0.15, 0.2) is 4.80 Å². The molecular formula is C27H26F2N2O6S. The molecule has 0 amide bonds. The van der Waals surface area contributed by atoms with Crippen molar-refractivity contribution in [2.24, 2.45) is 4.99 Å². The number of esters is 1. The number of alkyl halides is 2. The number of nitrogens with zero attached hydrogens (tertiary/aromatic N) is 2. The molecule has 0 N–H and O–H groups in total. The van der Waals surface area contributed by atoms with Gasteiger partial charge in [-0.05, 0) is 62.7 Å². The van der Waals surface area contributed by atoms with Crippen LogP contribution in [0.25, 0.3) is 6.08 Å². The molecule has 0 unspecified atom stereocenters. The molecule has 0 fully saturated rings. The second-order valence-electron chi connectivity index (χ2n) is 8.59. The maximum Gasteiger partial charge on any atom is 0.387 e. The molecule has 200 valence electrons. The summed E-state index contributed by atoms with van der Waals surface area (Å²) in [6.45, 7) is 2.23. The maximum absolute atomic E-state index is 13.8. The van der Waals surface area contributed by atoms with E-state index in [-0.39, 0.29) is 16.9 Å². The number of carbonyl (C=O) groups excluding carboxylic acids is 1. The number of thiazole rings is 1. The van der Waals surface area contributed by atoms with Crippen LogP contribution in [0.15, 0.2) is 63.5 Å². The lowest BCUT2D eigenvalue weighted by Gasteiger charge is -2.26. The molecular weight excluding hydrogens is 518 g/mol. The van der Waals surface area contributed by atoms with E-state index in [0.717, 1.165) is 11.3 Å². The van der Waals surface area contributed by atoms with Gasteiger partial charge in [-0.2, -0.15) is 8.78 Å². The van der Waals surface area contributed by atoms with Gasteiger partial charge in [0, 0.05) is 5.56 Å². The first kappa shape index (κ1) is 27.1. The van der Waals surface area contributed by atoms with Gasteiger partial charge in [0.2, 0.25) is 0 Å². The zero-order valence-corrected chi connectivity index (χ0v) is 22.2. The number of hydrogen-bond donors (Lipinski definition) is 0. The Balaban J connectivity index is 1.92. The van der Waals surface area contributed by atoms with Crippen LogP contribution in [0.4, 0.5) is 8.78 Å². The molecule has 0 saturated carbocycles. The van der Waals surface area contributed by atoms with Gasteiger partial charge in [-0.1, -0.05) is 23.5 Å². The number of allylic oxidation sites excluding steroid dienone is 1. The van der Waals surface area contributed by atoms with Crippen molar-refractivity contribution in [3.63, 3.8) is 0 Å². The Labute approximate surface area is 221 Å². The Morgan fingerprint density at radius 2 is 1.76 bits per heavy atom. The third kappa shape index (κ3) is 5.47. The molecule has 0 spiro atoms. The van der Waals surface area contributed by atoms with E-state index >= 15 is 0 Å². The average Bonchev–Trinajstić information content (AvgIpc) is 3.17. The van der Waals surface area contributed by atoms with Crippen molar-refractivity contribution in [1.29, 1.82) is 0 Å². The molecule has 2 heterocycles. The minimum absolute atomic E-state index is 0.00709. The number of fused-ring (bicyclic) bond motifs is 1. The summed E-state index contributed by atoms with van der Waals surface area (Å²) >= 11 is 1.14. The van der Waals surface area contributed by atoms with Crippen LogP contribution >= 0.6 is 11.3 Å². The molecule has 2 aromatic carbocycles. The number of rotatable bonds is 8. The van der Waals surface area contributed by atoms with E-state index in [2.05, 4.69) is 9.73 Å². The molecule has 3 aromatic rings. The van der Waals surface area contributed by atoms with Gasteiger partial charge in [-0.3, -0.25) is 9.36 Å². The molecule has 11 heteroatoms. The van der Waals surface area contributed by atoms with Gasteiger partial charge in [0.25, 0.3) is 5.56 Å². The van der Waals surface area contributed by atoms with Crippen LogP contribution in [0.2, 0.25) is 0 Å². The highest BCUT2D eigenvalue weighted by molar-refractivity contribution is 7.07. The lowest BCUT2D eigenvalue weighted by molar-refractivity contribution is -0.143. The van der Waals surface area contributed by atoms with E-state index in [9.17, 15) is 18.4 Å². The molecule has 1 aromatic heterocycles. The summed E-state index contributed by atoms with van der Waals surface area (Å²) in [5, 5.41) is 0. The minimum Gasteiger partial charge on any atom is -0.497 e. The SMILES string of the molecule is COc1ccc(OC)c([C@H]2C(C(=O)OC(C)C)=C(C)N=c3s/c(=C\c4ccc(OC(F)F)cc4)c(=O)n32)c1. The number of aromatic nitrogens is 1. The normalized spacial score (nSPS) is 15.4. The zero-order chi connectivity index (χ0) is 27.6. The van der Waals surface area contributed by atoms with Crippen LogP contribution in [-0.2, 0) is 9.53 Å². The predicted octanol–water partition coefficient (Wildman–Crippen LogP) is 3.81. The Morgan fingerprint density at radius 3 is 2.37 bits per heavy atom. The maximum atomic E-state index is 13.8. The molecule has 38 heavy (non-hydrogen) atoms. The topological polar surface area (TPSA) is 88.4 Å². The summed E-state index contributed by atoms with van der Waals surface area (Å²) in [6.07, 6.45) is 1.23. The van der Waals surface area contributed by atoms with Crippen LogP contribution in [0.5, 0.6) is 17.2 Å². The van der Waals surface area contributed by atoms with Crippen molar-refractivity contribution in [3.8, 4) is 17.2 Å². The summed E-state index contributed by atoms with van der Waals surface area (Å²) in [5.74, 6) is 0.373. The summed E-state index contributed by atoms with van der Waals surface area (Å²) in [4.78, 5) is 32.0. The fraction of sp³-hybridized carbons (Fsp3) is 0.296. The van der Waals surface area contributed by atoms with Crippen molar-refractivity contribution in [2.45, 2.75) is 39.5 Å². The van der Waals surface area contributed by atoms with Gasteiger partial charge in [0.05, 0.1) is 36.1 Å². The lowest BCUT2D eigenvalue weighted by atomic mass is 9.94. The van der Waals surface area contributed by atoms with Gasteiger partial charge in [-0.15, -0.1) is 0 Å². The number of carbonyl (C=O) groups is 1. The van der Waals surface area contributed by atoms with Crippen molar-refractivity contribution < 1.29 is 32.5 Å². The summed E-state index contributed by atoms with van der Waals surface area (Å²) < 4.78 is 47.7. The van der Waals surface area contributed by atoms with Crippen molar-refractivity contribution in [2.75, 3.05) is 14.2 Å². The lowest BCUT2D eigenvalue weighted by Crippen LogP contribution is -2.40. The standard InChI is InChI=1S/C27H26F2N2O6S/c1-14(2)36-25(33)22-15(3)30-27-31(23(22)19-13-18(34-4)10-11-20(19)35-5)24(32)21(38-27)12-16-6-8-17(9-7-16)37-26(28)29/h6-14,23,26H,1-5H3/b21-12-/t23-/m0/s1. The fourth-order valence-electron chi connectivity index (χ4n) is 4.10. The van der Waals surface area contributed by atoms with E-state index in [1.54, 1.807) is 57.2 Å². The third-order valence-electron chi connectivity index (χ3n) is 5.72. The van der Waals surface area contributed by atoms with E-state index in [4.69, 9.17) is 14.2 Å². The van der Waals surface area contributed by atoms with Crippen LogP contribution in [0.1, 0.15) is 37.9 Å². The third-order valence-corrected chi connectivity index (χ3v) is 6.70. The highest BCUT2D eigenvalue weighted by atomic mass is 32.1. The summed E-state index contributed by atoms with van der Waals surface area (Å²) in [7, 11) is 3.02. The number of halogens is 2. The van der Waals surface area contributed by atoms with Crippen molar-refractivity contribution >= 4 is 23.4 Å². The molecule has 8 nitrogen and oxygen atoms in total. The summed E-state index contributed by atoms with van der Waals surface area (Å²) in [6, 6.07) is 10.1.